The van der Waals surface area contributed by atoms with E-state index in [2.05, 4.69) is 24.1 Å². The topological polar surface area (TPSA) is 68.0 Å². The maximum atomic E-state index is 11.7. The molecule has 1 unspecified atom stereocenters. The van der Waals surface area contributed by atoms with Crippen LogP contribution in [0.3, 0.4) is 0 Å². The molecule has 1 heterocycles. The lowest BCUT2D eigenvalue weighted by Gasteiger charge is -2.14. The van der Waals surface area contributed by atoms with E-state index in [9.17, 15) is 4.79 Å². The number of aromatic nitrogens is 1. The normalized spacial score (nSPS) is 12.5. The second kappa shape index (κ2) is 7.01. The molecule has 0 aliphatic rings. The predicted molar refractivity (Wildman–Crippen MR) is 68.5 cm³/mol. The van der Waals surface area contributed by atoms with E-state index in [1.807, 2.05) is 18.2 Å². The molecule has 17 heavy (non-hydrogen) atoms. The van der Waals surface area contributed by atoms with Gasteiger partial charge in [0.25, 0.3) is 0 Å². The lowest BCUT2D eigenvalue weighted by Crippen LogP contribution is -2.30. The summed E-state index contributed by atoms with van der Waals surface area (Å²) >= 11 is 0. The maximum Gasteiger partial charge on any atom is 0.220 e. The Kier molecular flexibility index (Phi) is 5.63. The van der Waals surface area contributed by atoms with E-state index in [-0.39, 0.29) is 11.8 Å². The monoisotopic (exact) mass is 235 g/mol. The van der Waals surface area contributed by atoms with Crippen molar-refractivity contribution in [3.63, 3.8) is 0 Å². The number of carbonyl (C=O) groups excluding carboxylic acids is 1. The van der Waals surface area contributed by atoms with Gasteiger partial charge in [0.05, 0.1) is 0 Å². The molecule has 0 saturated heterocycles. The van der Waals surface area contributed by atoms with Gasteiger partial charge in [0.2, 0.25) is 5.91 Å². The van der Waals surface area contributed by atoms with Gasteiger partial charge >= 0.3 is 0 Å². The molecule has 1 amide bonds. The summed E-state index contributed by atoms with van der Waals surface area (Å²) in [6.45, 7) is 5.28. The summed E-state index contributed by atoms with van der Waals surface area (Å²) in [6.07, 6.45) is 2.13. The van der Waals surface area contributed by atoms with Crippen LogP contribution in [0.25, 0.3) is 0 Å². The highest BCUT2D eigenvalue weighted by atomic mass is 16.1. The Bertz CT molecular complexity index is 338. The Labute approximate surface area is 103 Å². The summed E-state index contributed by atoms with van der Waals surface area (Å²) in [5.41, 5.74) is 6.57. The van der Waals surface area contributed by atoms with Crippen LogP contribution >= 0.6 is 0 Å². The lowest BCUT2D eigenvalue weighted by molar-refractivity contribution is -0.121. The number of nitrogens with one attached hydrogen (secondary N) is 1. The smallest absolute Gasteiger partial charge is 0.220 e. The van der Waals surface area contributed by atoms with Crippen LogP contribution in [0.15, 0.2) is 24.4 Å². The van der Waals surface area contributed by atoms with Crippen molar-refractivity contribution in [3.8, 4) is 0 Å². The molecule has 0 saturated carbocycles. The summed E-state index contributed by atoms with van der Waals surface area (Å²) in [7, 11) is 0. The molecule has 0 aromatic carbocycles. The minimum absolute atomic E-state index is 0.00311. The van der Waals surface area contributed by atoms with E-state index in [4.69, 9.17) is 5.73 Å². The standard InChI is InChI=1S/C13H21N3O/c1-10(2)9-16-13(17)7-11(8-14)12-5-3-4-6-15-12/h3-6,10-11H,7-9,14H2,1-2H3,(H,16,17). The highest BCUT2D eigenvalue weighted by Gasteiger charge is 2.15. The fourth-order valence-corrected chi connectivity index (χ4v) is 1.54. The van der Waals surface area contributed by atoms with Gasteiger partial charge in [0.15, 0.2) is 0 Å². The fraction of sp³-hybridized carbons (Fsp3) is 0.538. The van der Waals surface area contributed by atoms with Gasteiger partial charge in [0.1, 0.15) is 0 Å². The predicted octanol–water partition coefficient (Wildman–Crippen LogP) is 1.29. The van der Waals surface area contributed by atoms with Crippen molar-refractivity contribution in [1.29, 1.82) is 0 Å². The molecule has 0 bridgehead atoms. The molecule has 0 fully saturated rings. The Balaban J connectivity index is 2.50. The SMILES string of the molecule is CC(C)CNC(=O)CC(CN)c1ccccn1. The third-order valence-electron chi connectivity index (χ3n) is 2.53. The zero-order valence-corrected chi connectivity index (χ0v) is 10.5. The third kappa shape index (κ3) is 4.95. The quantitative estimate of drug-likeness (QED) is 0.780. The molecule has 94 valence electrons. The van der Waals surface area contributed by atoms with Crippen LogP contribution in [-0.4, -0.2) is 24.0 Å². The summed E-state index contributed by atoms with van der Waals surface area (Å²) in [5.74, 6) is 0.508. The summed E-state index contributed by atoms with van der Waals surface area (Å²) in [4.78, 5) is 15.9. The number of carbonyl (C=O) groups is 1. The molecule has 0 spiro atoms. The highest BCUT2D eigenvalue weighted by molar-refractivity contribution is 5.76. The van der Waals surface area contributed by atoms with Gasteiger partial charge < -0.3 is 11.1 Å². The fourth-order valence-electron chi connectivity index (χ4n) is 1.54. The molecule has 3 N–H and O–H groups in total. The first kappa shape index (κ1) is 13.6. The van der Waals surface area contributed by atoms with Crippen LogP contribution in [0, 0.1) is 5.92 Å². The van der Waals surface area contributed by atoms with Crippen LogP contribution in [0.2, 0.25) is 0 Å². The van der Waals surface area contributed by atoms with Gasteiger partial charge in [-0.2, -0.15) is 0 Å². The number of nitrogens with two attached hydrogens (primary N) is 1. The number of hydrogen-bond acceptors (Lipinski definition) is 3. The molecule has 0 radical (unpaired) electrons. The van der Waals surface area contributed by atoms with Crippen molar-refractivity contribution in [3.05, 3.63) is 30.1 Å². The average molecular weight is 235 g/mol. The maximum absolute atomic E-state index is 11.7. The molecule has 0 aliphatic heterocycles. The van der Waals surface area contributed by atoms with Crippen molar-refractivity contribution >= 4 is 5.91 Å². The Morgan fingerprint density at radius 2 is 2.24 bits per heavy atom. The number of pyridine rings is 1. The van der Waals surface area contributed by atoms with Gasteiger partial charge in [-0.1, -0.05) is 19.9 Å². The van der Waals surface area contributed by atoms with E-state index in [0.717, 1.165) is 5.69 Å². The largest absolute Gasteiger partial charge is 0.356 e. The summed E-state index contributed by atoms with van der Waals surface area (Å²) < 4.78 is 0. The van der Waals surface area contributed by atoms with Gasteiger partial charge in [-0.05, 0) is 18.1 Å². The molecule has 1 atom stereocenters. The first-order valence-corrected chi connectivity index (χ1v) is 6.01. The molecular formula is C13H21N3O. The molecule has 4 heteroatoms. The van der Waals surface area contributed by atoms with Crippen molar-refractivity contribution in [2.45, 2.75) is 26.2 Å². The van der Waals surface area contributed by atoms with Gasteiger partial charge in [-0.3, -0.25) is 9.78 Å². The van der Waals surface area contributed by atoms with Crippen molar-refractivity contribution in [2.24, 2.45) is 11.7 Å². The van der Waals surface area contributed by atoms with Crippen molar-refractivity contribution in [1.82, 2.24) is 10.3 Å². The third-order valence-corrected chi connectivity index (χ3v) is 2.53. The van der Waals surface area contributed by atoms with Crippen LogP contribution < -0.4 is 11.1 Å². The molecule has 4 nitrogen and oxygen atoms in total. The number of hydrogen-bond donors (Lipinski definition) is 2. The van der Waals surface area contributed by atoms with Gasteiger partial charge in [-0.25, -0.2) is 0 Å². The highest BCUT2D eigenvalue weighted by Crippen LogP contribution is 2.15. The molecule has 0 aliphatic carbocycles. The molecular weight excluding hydrogens is 214 g/mol. The first-order valence-electron chi connectivity index (χ1n) is 6.01. The Morgan fingerprint density at radius 3 is 2.76 bits per heavy atom. The van der Waals surface area contributed by atoms with Crippen LogP contribution in [0.1, 0.15) is 31.9 Å². The molecule has 1 aromatic rings. The Morgan fingerprint density at radius 1 is 1.47 bits per heavy atom. The zero-order chi connectivity index (χ0) is 12.7. The van der Waals surface area contributed by atoms with Gasteiger partial charge in [0, 0.05) is 37.3 Å². The second-order valence-corrected chi connectivity index (χ2v) is 4.59. The van der Waals surface area contributed by atoms with E-state index in [1.54, 1.807) is 6.20 Å². The minimum atomic E-state index is 0.00311. The molecule has 1 aromatic heterocycles. The average Bonchev–Trinajstić information content (AvgIpc) is 2.34. The van der Waals surface area contributed by atoms with E-state index in [1.165, 1.54) is 0 Å². The van der Waals surface area contributed by atoms with E-state index >= 15 is 0 Å². The second-order valence-electron chi connectivity index (χ2n) is 4.59. The van der Waals surface area contributed by atoms with Crippen molar-refractivity contribution < 1.29 is 4.79 Å². The van der Waals surface area contributed by atoms with E-state index in [0.29, 0.717) is 25.4 Å². The number of rotatable bonds is 6. The molecule has 1 rings (SSSR count). The lowest BCUT2D eigenvalue weighted by atomic mass is 10.0. The minimum Gasteiger partial charge on any atom is -0.356 e. The summed E-state index contributed by atoms with van der Waals surface area (Å²) in [6, 6.07) is 5.68. The number of amides is 1. The van der Waals surface area contributed by atoms with Crippen molar-refractivity contribution in [2.75, 3.05) is 13.1 Å². The van der Waals surface area contributed by atoms with Crippen LogP contribution in [-0.2, 0) is 4.79 Å². The van der Waals surface area contributed by atoms with E-state index < -0.39 is 0 Å². The first-order chi connectivity index (χ1) is 8.13. The summed E-state index contributed by atoms with van der Waals surface area (Å²) in [5, 5.41) is 2.89. The van der Waals surface area contributed by atoms with Gasteiger partial charge in [-0.15, -0.1) is 0 Å². The zero-order valence-electron chi connectivity index (χ0n) is 10.5. The van der Waals surface area contributed by atoms with Crippen LogP contribution in [0.5, 0.6) is 0 Å². The number of nitrogens with zero attached hydrogens (tertiary/aromatic N) is 1. The Hall–Kier alpha value is -1.42. The van der Waals surface area contributed by atoms with Crippen LogP contribution in [0.4, 0.5) is 0 Å².